The number of nitrogens with one attached hydrogen (secondary N) is 1. The van der Waals surface area contributed by atoms with E-state index in [1.54, 1.807) is 49.4 Å². The van der Waals surface area contributed by atoms with E-state index in [0.717, 1.165) is 5.56 Å². The monoisotopic (exact) mass is 346 g/mol. The minimum Gasteiger partial charge on any atom is -0.374 e. The lowest BCUT2D eigenvalue weighted by atomic mass is 9.90. The van der Waals surface area contributed by atoms with Crippen LogP contribution in [0.2, 0.25) is 5.02 Å². The van der Waals surface area contributed by atoms with Crippen LogP contribution in [0.1, 0.15) is 24.9 Å². The fourth-order valence-electron chi connectivity index (χ4n) is 3.05. The first kappa shape index (κ1) is 15.9. The molecule has 23 heavy (non-hydrogen) atoms. The molecule has 2 unspecified atom stereocenters. The molecule has 2 aromatic rings. The zero-order chi connectivity index (χ0) is 16.7. The SMILES string of the molecule is CCC1(C#N)C(c2ccc(Cl)cc2)Nc2ccccc2S1(=O)=O. The molecular weight excluding hydrogens is 332 g/mol. The molecule has 0 bridgehead atoms. The van der Waals surface area contributed by atoms with E-state index in [1.807, 2.05) is 0 Å². The van der Waals surface area contributed by atoms with Gasteiger partial charge in [0.05, 0.1) is 22.7 Å². The Kier molecular flexibility index (Phi) is 3.83. The summed E-state index contributed by atoms with van der Waals surface area (Å²) in [5, 5.41) is 13.6. The first-order valence-corrected chi connectivity index (χ1v) is 9.09. The zero-order valence-corrected chi connectivity index (χ0v) is 14.0. The van der Waals surface area contributed by atoms with Crippen LogP contribution in [0.5, 0.6) is 0 Å². The van der Waals surface area contributed by atoms with Crippen molar-refractivity contribution in [3.63, 3.8) is 0 Å². The summed E-state index contributed by atoms with van der Waals surface area (Å²) in [7, 11) is -3.81. The van der Waals surface area contributed by atoms with Crippen LogP contribution in [0, 0.1) is 11.3 Å². The van der Waals surface area contributed by atoms with Crippen molar-refractivity contribution in [2.75, 3.05) is 5.32 Å². The van der Waals surface area contributed by atoms with E-state index in [9.17, 15) is 13.7 Å². The second kappa shape index (κ2) is 5.55. The van der Waals surface area contributed by atoms with E-state index in [2.05, 4.69) is 11.4 Å². The van der Waals surface area contributed by atoms with Crippen LogP contribution >= 0.6 is 11.6 Å². The van der Waals surface area contributed by atoms with Gasteiger partial charge in [-0.15, -0.1) is 0 Å². The molecule has 0 amide bonds. The van der Waals surface area contributed by atoms with Crippen molar-refractivity contribution in [3.8, 4) is 6.07 Å². The van der Waals surface area contributed by atoms with Gasteiger partial charge in [0.2, 0.25) is 9.84 Å². The maximum absolute atomic E-state index is 13.2. The van der Waals surface area contributed by atoms with Crippen LogP contribution < -0.4 is 5.32 Å². The molecule has 0 saturated heterocycles. The normalized spacial score (nSPS) is 25.0. The number of benzene rings is 2. The van der Waals surface area contributed by atoms with Gasteiger partial charge in [-0.25, -0.2) is 8.42 Å². The maximum Gasteiger partial charge on any atom is 0.201 e. The maximum atomic E-state index is 13.2. The standard InChI is InChI=1S/C17H15ClN2O2S/c1-2-17(11-19)16(12-7-9-13(18)10-8-12)20-14-5-3-4-6-15(14)23(17,21)22/h3-10,16,20H,2H2,1H3. The second-order valence-corrected chi connectivity index (χ2v) is 8.09. The molecule has 0 saturated carbocycles. The number of nitriles is 1. The Morgan fingerprint density at radius 1 is 1.22 bits per heavy atom. The van der Waals surface area contributed by atoms with Crippen LogP contribution in [0.4, 0.5) is 5.69 Å². The highest BCUT2D eigenvalue weighted by Gasteiger charge is 2.54. The molecule has 1 aliphatic heterocycles. The van der Waals surface area contributed by atoms with Gasteiger partial charge >= 0.3 is 0 Å². The van der Waals surface area contributed by atoms with E-state index in [1.165, 1.54) is 6.07 Å². The van der Waals surface area contributed by atoms with E-state index in [4.69, 9.17) is 11.6 Å². The summed E-state index contributed by atoms with van der Waals surface area (Å²) in [4.78, 5) is 0.175. The van der Waals surface area contributed by atoms with Crippen molar-refractivity contribution in [2.45, 2.75) is 29.0 Å². The molecule has 0 spiro atoms. The lowest BCUT2D eigenvalue weighted by molar-refractivity contribution is 0.503. The van der Waals surface area contributed by atoms with Crippen molar-refractivity contribution < 1.29 is 8.42 Å². The Hall–Kier alpha value is -2.03. The molecule has 3 rings (SSSR count). The van der Waals surface area contributed by atoms with Crippen LogP contribution in [-0.2, 0) is 9.84 Å². The molecule has 6 heteroatoms. The summed E-state index contributed by atoms with van der Waals surface area (Å²) in [6, 6.07) is 15.0. The molecule has 0 fully saturated rings. The fourth-order valence-corrected chi connectivity index (χ4v) is 5.25. The zero-order valence-electron chi connectivity index (χ0n) is 12.5. The molecule has 0 aromatic heterocycles. The minimum absolute atomic E-state index is 0.175. The number of anilines is 1. The van der Waals surface area contributed by atoms with Gasteiger partial charge in [-0.05, 0) is 36.2 Å². The number of rotatable bonds is 2. The Balaban J connectivity index is 2.28. The second-order valence-electron chi connectivity index (χ2n) is 5.48. The van der Waals surface area contributed by atoms with Gasteiger partial charge in [-0.2, -0.15) is 5.26 Å². The first-order chi connectivity index (χ1) is 11.0. The van der Waals surface area contributed by atoms with Crippen molar-refractivity contribution >= 4 is 27.1 Å². The van der Waals surface area contributed by atoms with E-state index in [-0.39, 0.29) is 11.3 Å². The molecule has 1 N–H and O–H groups in total. The highest BCUT2D eigenvalue weighted by Crippen LogP contribution is 2.47. The van der Waals surface area contributed by atoms with Crippen molar-refractivity contribution in [2.24, 2.45) is 0 Å². The van der Waals surface area contributed by atoms with Crippen LogP contribution in [-0.4, -0.2) is 13.2 Å². The largest absolute Gasteiger partial charge is 0.374 e. The lowest BCUT2D eigenvalue weighted by Crippen LogP contribution is -2.49. The third-order valence-electron chi connectivity index (χ3n) is 4.34. The number of nitrogens with zero attached hydrogens (tertiary/aromatic N) is 1. The average molecular weight is 347 g/mol. The number of halogens is 1. The summed E-state index contributed by atoms with van der Waals surface area (Å²) in [5.74, 6) is 0. The number of sulfone groups is 1. The van der Waals surface area contributed by atoms with Gasteiger partial charge in [-0.3, -0.25) is 0 Å². The van der Waals surface area contributed by atoms with E-state index in [0.29, 0.717) is 10.7 Å². The van der Waals surface area contributed by atoms with E-state index >= 15 is 0 Å². The summed E-state index contributed by atoms with van der Waals surface area (Å²) < 4.78 is 24.7. The van der Waals surface area contributed by atoms with Crippen molar-refractivity contribution in [1.29, 1.82) is 5.26 Å². The molecule has 1 aliphatic rings. The quantitative estimate of drug-likeness (QED) is 0.893. The lowest BCUT2D eigenvalue weighted by Gasteiger charge is -2.40. The fraction of sp³-hybridized carbons (Fsp3) is 0.235. The third-order valence-corrected chi connectivity index (χ3v) is 7.10. The number of fused-ring (bicyclic) bond motifs is 1. The summed E-state index contributed by atoms with van der Waals surface area (Å²) in [6.07, 6.45) is 0.181. The molecule has 118 valence electrons. The Bertz CT molecular complexity index is 888. The smallest absolute Gasteiger partial charge is 0.201 e. The predicted molar refractivity (Wildman–Crippen MR) is 90.1 cm³/mol. The van der Waals surface area contributed by atoms with Crippen LogP contribution in [0.3, 0.4) is 0 Å². The van der Waals surface area contributed by atoms with Gasteiger partial charge in [0, 0.05) is 5.02 Å². The van der Waals surface area contributed by atoms with Gasteiger partial charge in [0.1, 0.15) is 0 Å². The molecular formula is C17H15ClN2O2S. The topological polar surface area (TPSA) is 70.0 Å². The van der Waals surface area contributed by atoms with Gasteiger partial charge in [0.25, 0.3) is 0 Å². The predicted octanol–water partition coefficient (Wildman–Crippen LogP) is 3.95. The highest BCUT2D eigenvalue weighted by molar-refractivity contribution is 7.93. The number of hydrogen-bond acceptors (Lipinski definition) is 4. The van der Waals surface area contributed by atoms with Crippen LogP contribution in [0.25, 0.3) is 0 Å². The average Bonchev–Trinajstić information content (AvgIpc) is 2.56. The summed E-state index contributed by atoms with van der Waals surface area (Å²) in [6.45, 7) is 1.72. The summed E-state index contributed by atoms with van der Waals surface area (Å²) in [5.41, 5.74) is 1.24. The highest BCUT2D eigenvalue weighted by atomic mass is 35.5. The number of hydrogen-bond donors (Lipinski definition) is 1. The number of para-hydroxylation sites is 1. The van der Waals surface area contributed by atoms with Crippen molar-refractivity contribution in [1.82, 2.24) is 0 Å². The van der Waals surface area contributed by atoms with E-state index < -0.39 is 20.6 Å². The van der Waals surface area contributed by atoms with Gasteiger partial charge in [0.15, 0.2) is 4.75 Å². The minimum atomic E-state index is -3.81. The Labute approximate surface area is 140 Å². The molecule has 0 aliphatic carbocycles. The third kappa shape index (κ3) is 2.21. The molecule has 1 heterocycles. The first-order valence-electron chi connectivity index (χ1n) is 7.23. The van der Waals surface area contributed by atoms with Gasteiger partial charge in [-0.1, -0.05) is 42.8 Å². The van der Waals surface area contributed by atoms with Gasteiger partial charge < -0.3 is 5.32 Å². The summed E-state index contributed by atoms with van der Waals surface area (Å²) >= 11 is 5.92. The Morgan fingerprint density at radius 2 is 1.87 bits per heavy atom. The Morgan fingerprint density at radius 3 is 2.48 bits per heavy atom. The molecule has 2 aromatic carbocycles. The molecule has 2 atom stereocenters. The molecule has 0 radical (unpaired) electrons. The van der Waals surface area contributed by atoms with Crippen molar-refractivity contribution in [3.05, 3.63) is 59.1 Å². The molecule has 4 nitrogen and oxygen atoms in total. The van der Waals surface area contributed by atoms with Crippen LogP contribution in [0.15, 0.2) is 53.4 Å².